The summed E-state index contributed by atoms with van der Waals surface area (Å²) in [5.41, 5.74) is 0.501. The summed E-state index contributed by atoms with van der Waals surface area (Å²) >= 11 is 0. The van der Waals surface area contributed by atoms with E-state index in [4.69, 9.17) is 0 Å². The number of aliphatic hydroxyl groups is 1. The summed E-state index contributed by atoms with van der Waals surface area (Å²) in [6.07, 6.45) is 0.0938. The number of hydrogen-bond acceptors (Lipinski definition) is 2. The number of hydrogen-bond donors (Lipinski definition) is 2. The van der Waals surface area contributed by atoms with Crippen LogP contribution in [0.4, 0.5) is 0 Å². The van der Waals surface area contributed by atoms with Gasteiger partial charge in [-0.25, -0.2) is 0 Å². The van der Waals surface area contributed by atoms with Gasteiger partial charge in [-0.1, -0.05) is 60.7 Å². The van der Waals surface area contributed by atoms with Crippen LogP contribution in [0.2, 0.25) is 0 Å². The van der Waals surface area contributed by atoms with Crippen molar-refractivity contribution in [2.45, 2.75) is 18.1 Å². The molecule has 0 bridgehead atoms. The molecule has 0 spiro atoms. The Morgan fingerprint density at radius 1 is 1.00 bits per heavy atom. The standard InChI is InChI=1S/C16H15NO2/c18-14-11-16(19,13-9-5-2-6-10-13)15(17-14)12-7-3-1-4-8-12/h1-10,15,19H,11H2,(H,17,18). The maximum absolute atomic E-state index is 11.7. The highest BCUT2D eigenvalue weighted by atomic mass is 16.3. The lowest BCUT2D eigenvalue weighted by molar-refractivity contribution is -0.120. The summed E-state index contributed by atoms with van der Waals surface area (Å²) in [5, 5.41) is 13.8. The first-order valence-electron chi connectivity index (χ1n) is 6.32. The number of nitrogens with one attached hydrogen (secondary N) is 1. The molecule has 2 aromatic carbocycles. The predicted octanol–water partition coefficient (Wildman–Crippen LogP) is 2.14. The number of rotatable bonds is 2. The highest BCUT2D eigenvalue weighted by Crippen LogP contribution is 2.41. The molecular weight excluding hydrogens is 238 g/mol. The van der Waals surface area contributed by atoms with Gasteiger partial charge in [0.1, 0.15) is 5.60 Å². The monoisotopic (exact) mass is 253 g/mol. The van der Waals surface area contributed by atoms with E-state index in [2.05, 4.69) is 5.32 Å². The Kier molecular flexibility index (Phi) is 2.84. The number of benzene rings is 2. The van der Waals surface area contributed by atoms with Crippen molar-refractivity contribution in [3.8, 4) is 0 Å². The van der Waals surface area contributed by atoms with E-state index in [0.717, 1.165) is 11.1 Å². The van der Waals surface area contributed by atoms with Crippen molar-refractivity contribution >= 4 is 5.91 Å². The Labute approximate surface area is 111 Å². The largest absolute Gasteiger partial charge is 0.382 e. The Balaban J connectivity index is 2.06. The molecule has 96 valence electrons. The van der Waals surface area contributed by atoms with E-state index in [9.17, 15) is 9.90 Å². The highest BCUT2D eigenvalue weighted by Gasteiger charge is 2.47. The van der Waals surface area contributed by atoms with Gasteiger partial charge in [-0.2, -0.15) is 0 Å². The molecule has 0 saturated carbocycles. The molecule has 3 nitrogen and oxygen atoms in total. The van der Waals surface area contributed by atoms with Gasteiger partial charge in [0.25, 0.3) is 0 Å². The van der Waals surface area contributed by atoms with Crippen LogP contribution in [0.1, 0.15) is 23.6 Å². The van der Waals surface area contributed by atoms with Crippen LogP contribution < -0.4 is 5.32 Å². The molecule has 19 heavy (non-hydrogen) atoms. The smallest absolute Gasteiger partial charge is 0.223 e. The first kappa shape index (κ1) is 11.9. The van der Waals surface area contributed by atoms with Crippen LogP contribution >= 0.6 is 0 Å². The lowest BCUT2D eigenvalue weighted by Gasteiger charge is -2.29. The van der Waals surface area contributed by atoms with E-state index in [0.29, 0.717) is 0 Å². The van der Waals surface area contributed by atoms with Crippen molar-refractivity contribution in [2.75, 3.05) is 0 Å². The first-order valence-corrected chi connectivity index (χ1v) is 6.32. The summed E-state index contributed by atoms with van der Waals surface area (Å²) in [5.74, 6) is -0.125. The SMILES string of the molecule is O=C1CC(O)(c2ccccc2)C(c2ccccc2)N1. The fourth-order valence-corrected chi connectivity index (χ4v) is 2.68. The van der Waals surface area contributed by atoms with Crippen LogP contribution in [0.15, 0.2) is 60.7 Å². The maximum Gasteiger partial charge on any atom is 0.223 e. The van der Waals surface area contributed by atoms with E-state index in [1.165, 1.54) is 0 Å². The van der Waals surface area contributed by atoms with E-state index in [1.807, 2.05) is 60.7 Å². The zero-order valence-electron chi connectivity index (χ0n) is 10.4. The molecule has 2 aromatic rings. The minimum Gasteiger partial charge on any atom is -0.382 e. The zero-order valence-corrected chi connectivity index (χ0v) is 10.4. The van der Waals surface area contributed by atoms with Gasteiger partial charge in [0.2, 0.25) is 5.91 Å². The number of amides is 1. The van der Waals surface area contributed by atoms with Crippen molar-refractivity contribution in [2.24, 2.45) is 0 Å². The second-order valence-electron chi connectivity index (χ2n) is 4.88. The third-order valence-corrected chi connectivity index (χ3v) is 3.62. The third-order valence-electron chi connectivity index (χ3n) is 3.62. The van der Waals surface area contributed by atoms with Crippen LogP contribution in [-0.4, -0.2) is 11.0 Å². The summed E-state index contributed by atoms with van der Waals surface area (Å²) in [6.45, 7) is 0. The van der Waals surface area contributed by atoms with Crippen LogP contribution in [0.25, 0.3) is 0 Å². The van der Waals surface area contributed by atoms with Crippen LogP contribution in [-0.2, 0) is 10.4 Å². The molecule has 2 unspecified atom stereocenters. The second-order valence-corrected chi connectivity index (χ2v) is 4.88. The molecule has 1 aliphatic rings. The Bertz CT molecular complexity index is 582. The molecule has 0 aromatic heterocycles. The fraction of sp³-hybridized carbons (Fsp3) is 0.188. The summed E-state index contributed by atoms with van der Waals surface area (Å²) < 4.78 is 0. The van der Waals surface area contributed by atoms with E-state index in [-0.39, 0.29) is 12.3 Å². The van der Waals surface area contributed by atoms with Gasteiger partial charge < -0.3 is 10.4 Å². The molecule has 2 atom stereocenters. The molecule has 2 N–H and O–H groups in total. The maximum atomic E-state index is 11.7. The molecule has 1 aliphatic heterocycles. The van der Waals surface area contributed by atoms with Gasteiger partial charge in [-0.15, -0.1) is 0 Å². The molecule has 0 radical (unpaired) electrons. The van der Waals surface area contributed by atoms with E-state index in [1.54, 1.807) is 0 Å². The van der Waals surface area contributed by atoms with Crippen molar-refractivity contribution in [3.63, 3.8) is 0 Å². The Morgan fingerprint density at radius 3 is 2.21 bits per heavy atom. The number of carbonyl (C=O) groups excluding carboxylic acids is 1. The van der Waals surface area contributed by atoms with Crippen molar-refractivity contribution in [1.82, 2.24) is 5.32 Å². The van der Waals surface area contributed by atoms with Crippen molar-refractivity contribution in [3.05, 3.63) is 71.8 Å². The van der Waals surface area contributed by atoms with Gasteiger partial charge in [-0.3, -0.25) is 4.79 Å². The Morgan fingerprint density at radius 2 is 1.58 bits per heavy atom. The quantitative estimate of drug-likeness (QED) is 0.861. The minimum atomic E-state index is -1.18. The van der Waals surface area contributed by atoms with E-state index >= 15 is 0 Å². The van der Waals surface area contributed by atoms with Gasteiger partial charge in [0.05, 0.1) is 12.5 Å². The summed E-state index contributed by atoms with van der Waals surface area (Å²) in [7, 11) is 0. The van der Waals surface area contributed by atoms with Gasteiger partial charge in [0.15, 0.2) is 0 Å². The van der Waals surface area contributed by atoms with Gasteiger partial charge in [0, 0.05) is 0 Å². The third kappa shape index (κ3) is 2.02. The minimum absolute atomic E-state index is 0.0938. The summed E-state index contributed by atoms with van der Waals surface area (Å²) in [6, 6.07) is 18.5. The highest BCUT2D eigenvalue weighted by molar-refractivity contribution is 5.81. The van der Waals surface area contributed by atoms with Gasteiger partial charge >= 0.3 is 0 Å². The van der Waals surface area contributed by atoms with Crippen molar-refractivity contribution < 1.29 is 9.90 Å². The lowest BCUT2D eigenvalue weighted by Crippen LogP contribution is -2.33. The molecule has 1 saturated heterocycles. The summed E-state index contributed by atoms with van der Waals surface area (Å²) in [4.78, 5) is 11.7. The molecular formula is C16H15NO2. The topological polar surface area (TPSA) is 49.3 Å². The molecule has 1 heterocycles. The fourth-order valence-electron chi connectivity index (χ4n) is 2.68. The zero-order chi connectivity index (χ0) is 13.3. The predicted molar refractivity (Wildman–Crippen MR) is 72.3 cm³/mol. The molecule has 3 heteroatoms. The molecule has 1 fully saturated rings. The Hall–Kier alpha value is -2.13. The van der Waals surface area contributed by atoms with Gasteiger partial charge in [-0.05, 0) is 11.1 Å². The normalized spacial score (nSPS) is 26.2. The average Bonchev–Trinajstić information content (AvgIpc) is 2.77. The van der Waals surface area contributed by atoms with Crippen LogP contribution in [0.5, 0.6) is 0 Å². The first-order chi connectivity index (χ1) is 9.20. The number of carbonyl (C=O) groups is 1. The molecule has 3 rings (SSSR count). The lowest BCUT2D eigenvalue weighted by atomic mass is 9.83. The molecule has 0 aliphatic carbocycles. The van der Waals surface area contributed by atoms with Crippen molar-refractivity contribution in [1.29, 1.82) is 0 Å². The average molecular weight is 253 g/mol. The van der Waals surface area contributed by atoms with Crippen LogP contribution in [0, 0.1) is 0 Å². The molecule has 1 amide bonds. The second kappa shape index (κ2) is 4.52. The van der Waals surface area contributed by atoms with Crippen LogP contribution in [0.3, 0.4) is 0 Å². The van der Waals surface area contributed by atoms with E-state index < -0.39 is 11.6 Å².